The van der Waals surface area contributed by atoms with Crippen LogP contribution in [0.25, 0.3) is 0 Å². The molecule has 0 aliphatic rings. The number of phenols is 1. The third-order valence-corrected chi connectivity index (χ3v) is 2.26. The molecule has 0 saturated heterocycles. The van der Waals surface area contributed by atoms with E-state index < -0.39 is 23.9 Å². The normalized spacial score (nSPS) is 12.7. The zero-order valence-electron chi connectivity index (χ0n) is 9.70. The van der Waals surface area contributed by atoms with Crippen LogP contribution >= 0.6 is 12.4 Å². The van der Waals surface area contributed by atoms with Gasteiger partial charge < -0.3 is 15.6 Å². The Labute approximate surface area is 109 Å². The van der Waals surface area contributed by atoms with Crippen LogP contribution in [0.1, 0.15) is 31.4 Å². The first-order chi connectivity index (χ1) is 7.85. The van der Waals surface area contributed by atoms with Gasteiger partial charge in [0.05, 0.1) is 0 Å². The lowest BCUT2D eigenvalue weighted by molar-refractivity contribution is -0.275. The SMILES string of the molecule is CCC[C@@H](N)c1cccc(OC(F)(F)F)c1O.Cl. The Morgan fingerprint density at radius 3 is 2.50 bits per heavy atom. The number of para-hydroxylation sites is 1. The van der Waals surface area contributed by atoms with Gasteiger partial charge >= 0.3 is 6.36 Å². The Balaban J connectivity index is 0.00000289. The lowest BCUT2D eigenvalue weighted by Gasteiger charge is -2.16. The first kappa shape index (κ1) is 16.9. The third kappa shape index (κ3) is 4.62. The van der Waals surface area contributed by atoms with Crippen LogP contribution in [-0.2, 0) is 0 Å². The van der Waals surface area contributed by atoms with E-state index in [1.165, 1.54) is 12.1 Å². The predicted molar refractivity (Wildman–Crippen MR) is 63.9 cm³/mol. The fraction of sp³-hybridized carbons (Fsp3) is 0.455. The summed E-state index contributed by atoms with van der Waals surface area (Å²) in [6.45, 7) is 1.90. The van der Waals surface area contributed by atoms with Crippen LogP contribution < -0.4 is 10.5 Å². The molecule has 0 amide bonds. The number of hydrogen-bond donors (Lipinski definition) is 2. The summed E-state index contributed by atoms with van der Waals surface area (Å²) in [5, 5.41) is 9.64. The monoisotopic (exact) mass is 285 g/mol. The van der Waals surface area contributed by atoms with Gasteiger partial charge in [0.25, 0.3) is 0 Å². The van der Waals surface area contributed by atoms with Crippen LogP contribution in [0.2, 0.25) is 0 Å². The summed E-state index contributed by atoms with van der Waals surface area (Å²) >= 11 is 0. The molecule has 0 fully saturated rings. The third-order valence-electron chi connectivity index (χ3n) is 2.26. The number of benzene rings is 1. The van der Waals surface area contributed by atoms with Crippen LogP contribution in [0, 0.1) is 0 Å². The van der Waals surface area contributed by atoms with E-state index in [1.807, 2.05) is 6.92 Å². The Kier molecular flexibility index (Phi) is 6.28. The number of halogens is 4. The minimum atomic E-state index is -4.83. The highest BCUT2D eigenvalue weighted by Crippen LogP contribution is 2.37. The Morgan fingerprint density at radius 2 is 2.00 bits per heavy atom. The molecule has 1 aromatic rings. The summed E-state index contributed by atoms with van der Waals surface area (Å²) in [5.74, 6) is -1.17. The van der Waals surface area contributed by atoms with E-state index in [2.05, 4.69) is 4.74 Å². The molecule has 1 atom stereocenters. The highest BCUT2D eigenvalue weighted by molar-refractivity contribution is 5.85. The molecule has 0 aliphatic heterocycles. The number of nitrogens with two attached hydrogens (primary N) is 1. The van der Waals surface area contributed by atoms with Crippen LogP contribution in [0.5, 0.6) is 11.5 Å². The van der Waals surface area contributed by atoms with E-state index >= 15 is 0 Å². The van der Waals surface area contributed by atoms with Crippen molar-refractivity contribution in [1.29, 1.82) is 0 Å². The van der Waals surface area contributed by atoms with Crippen LogP contribution in [0.3, 0.4) is 0 Å². The first-order valence-electron chi connectivity index (χ1n) is 5.18. The van der Waals surface area contributed by atoms with Gasteiger partial charge in [-0.2, -0.15) is 0 Å². The minimum Gasteiger partial charge on any atom is -0.504 e. The van der Waals surface area contributed by atoms with Crippen molar-refractivity contribution in [2.75, 3.05) is 0 Å². The Morgan fingerprint density at radius 1 is 1.39 bits per heavy atom. The number of aromatic hydroxyl groups is 1. The molecule has 0 aliphatic carbocycles. The van der Waals surface area contributed by atoms with Gasteiger partial charge in [-0.1, -0.05) is 25.5 Å². The van der Waals surface area contributed by atoms with Gasteiger partial charge in [-0.3, -0.25) is 0 Å². The van der Waals surface area contributed by atoms with Crippen molar-refractivity contribution in [3.05, 3.63) is 23.8 Å². The average molecular weight is 286 g/mol. The number of rotatable bonds is 4. The maximum atomic E-state index is 12.0. The molecule has 3 N–H and O–H groups in total. The van der Waals surface area contributed by atoms with Gasteiger partial charge in [0.2, 0.25) is 0 Å². The van der Waals surface area contributed by atoms with Crippen LogP contribution in [-0.4, -0.2) is 11.5 Å². The minimum absolute atomic E-state index is 0. The van der Waals surface area contributed by atoms with Crippen molar-refractivity contribution in [2.24, 2.45) is 5.73 Å². The molecule has 0 aromatic heterocycles. The maximum absolute atomic E-state index is 12.0. The molecule has 7 heteroatoms. The molecule has 18 heavy (non-hydrogen) atoms. The second-order valence-electron chi connectivity index (χ2n) is 3.64. The lowest BCUT2D eigenvalue weighted by atomic mass is 10.0. The highest BCUT2D eigenvalue weighted by atomic mass is 35.5. The molecular weight excluding hydrogens is 271 g/mol. The molecule has 0 bridgehead atoms. The lowest BCUT2D eigenvalue weighted by Crippen LogP contribution is -2.18. The van der Waals surface area contributed by atoms with E-state index in [0.29, 0.717) is 6.42 Å². The molecular formula is C11H15ClF3NO2. The molecule has 0 heterocycles. The van der Waals surface area contributed by atoms with Crippen LogP contribution in [0.15, 0.2) is 18.2 Å². The zero-order valence-corrected chi connectivity index (χ0v) is 10.5. The molecule has 0 unspecified atom stereocenters. The summed E-state index contributed by atoms with van der Waals surface area (Å²) in [7, 11) is 0. The fourth-order valence-corrected chi connectivity index (χ4v) is 1.51. The molecule has 1 aromatic carbocycles. The average Bonchev–Trinajstić information content (AvgIpc) is 2.19. The van der Waals surface area contributed by atoms with E-state index in [4.69, 9.17) is 5.73 Å². The highest BCUT2D eigenvalue weighted by Gasteiger charge is 2.32. The van der Waals surface area contributed by atoms with Gasteiger partial charge in [0, 0.05) is 11.6 Å². The van der Waals surface area contributed by atoms with Crippen molar-refractivity contribution in [2.45, 2.75) is 32.2 Å². The quantitative estimate of drug-likeness (QED) is 0.890. The number of hydrogen-bond acceptors (Lipinski definition) is 3. The van der Waals surface area contributed by atoms with Crippen LogP contribution in [0.4, 0.5) is 13.2 Å². The second kappa shape index (κ2) is 6.70. The molecule has 0 saturated carbocycles. The van der Waals surface area contributed by atoms with E-state index in [-0.39, 0.29) is 18.0 Å². The topological polar surface area (TPSA) is 55.5 Å². The summed E-state index contributed by atoms with van der Waals surface area (Å²) in [6, 6.07) is 3.40. The summed E-state index contributed by atoms with van der Waals surface area (Å²) in [6.07, 6.45) is -3.49. The van der Waals surface area contributed by atoms with E-state index in [1.54, 1.807) is 0 Å². The van der Waals surface area contributed by atoms with Gasteiger partial charge in [0.15, 0.2) is 11.5 Å². The molecule has 1 rings (SSSR count). The summed E-state index contributed by atoms with van der Waals surface area (Å²) < 4.78 is 39.8. The van der Waals surface area contributed by atoms with Crippen molar-refractivity contribution >= 4 is 12.4 Å². The molecule has 3 nitrogen and oxygen atoms in total. The second-order valence-corrected chi connectivity index (χ2v) is 3.64. The van der Waals surface area contributed by atoms with E-state index in [9.17, 15) is 18.3 Å². The Bertz CT molecular complexity index is 385. The van der Waals surface area contributed by atoms with Crippen molar-refractivity contribution < 1.29 is 23.0 Å². The van der Waals surface area contributed by atoms with Crippen molar-refractivity contribution in [3.8, 4) is 11.5 Å². The van der Waals surface area contributed by atoms with Gasteiger partial charge in [-0.05, 0) is 12.5 Å². The molecule has 104 valence electrons. The van der Waals surface area contributed by atoms with Gasteiger partial charge in [0.1, 0.15) is 0 Å². The number of ether oxygens (including phenoxy) is 1. The van der Waals surface area contributed by atoms with E-state index in [0.717, 1.165) is 12.5 Å². The smallest absolute Gasteiger partial charge is 0.504 e. The summed E-state index contributed by atoms with van der Waals surface area (Å²) in [5.41, 5.74) is 6.00. The van der Waals surface area contributed by atoms with Gasteiger partial charge in [-0.15, -0.1) is 25.6 Å². The van der Waals surface area contributed by atoms with Gasteiger partial charge in [-0.25, -0.2) is 0 Å². The fourth-order valence-electron chi connectivity index (χ4n) is 1.51. The van der Waals surface area contributed by atoms with Crippen molar-refractivity contribution in [3.63, 3.8) is 0 Å². The van der Waals surface area contributed by atoms with Crippen molar-refractivity contribution in [1.82, 2.24) is 0 Å². The molecule has 0 spiro atoms. The standard InChI is InChI=1S/C11H14F3NO2.ClH/c1-2-4-8(15)7-5-3-6-9(10(7)16)17-11(12,13)14;/h3,5-6,8,16H,2,4,15H2,1H3;1H/t8-;/m1./s1. The number of phenolic OH excluding ortho intramolecular Hbond substituents is 1. The Hall–Kier alpha value is -1.14. The predicted octanol–water partition coefficient (Wildman–Crippen LogP) is 3.51. The summed E-state index contributed by atoms with van der Waals surface area (Å²) in [4.78, 5) is 0. The number of alkyl halides is 3. The molecule has 0 radical (unpaired) electrons. The largest absolute Gasteiger partial charge is 0.573 e. The first-order valence-corrected chi connectivity index (χ1v) is 5.18. The zero-order chi connectivity index (χ0) is 13.1. The maximum Gasteiger partial charge on any atom is 0.573 e.